The zero-order valence-corrected chi connectivity index (χ0v) is 23.7. The van der Waals surface area contributed by atoms with Crippen LogP contribution < -0.4 is 24.5 Å². The molecule has 3 heterocycles. The van der Waals surface area contributed by atoms with E-state index < -0.39 is 8.32 Å². The molecule has 6 aromatic rings. The number of fused-ring (bicyclic) bond motifs is 3. The minimum atomic E-state index is -2.92. The summed E-state index contributed by atoms with van der Waals surface area (Å²) in [4.78, 5) is 0. The average Bonchev–Trinajstić information content (AvgIpc) is 3.26. The largest absolute Gasteiger partial charge is 0.525 e. The highest BCUT2D eigenvalue weighted by Crippen LogP contribution is 2.38. The van der Waals surface area contributed by atoms with Crippen LogP contribution in [0.15, 0.2) is 97.1 Å². The summed E-state index contributed by atoms with van der Waals surface area (Å²) in [6.45, 7) is 11.5. The van der Waals surface area contributed by atoms with E-state index in [9.17, 15) is 0 Å². The Kier molecular flexibility index (Phi) is 5.08. The fraction of sp³-hybridized carbons (Fsp3) is 0.206. The summed E-state index contributed by atoms with van der Waals surface area (Å²) in [6.07, 6.45) is 0. The standard InChI is InChI=1S/C34H33N2OSi/c1-22(2)27-18-12-19-28-29-20-13-21-30-32(29)36-33(31(27)28)35(23(3)4)24(5)34(36)38(37-30,25-14-8-6-9-15-25)26-16-10-7-11-17-26/h6-23H,1-5H3/q+1. The second-order valence-electron chi connectivity index (χ2n) is 11.1. The van der Waals surface area contributed by atoms with Crippen LogP contribution >= 0.6 is 0 Å². The van der Waals surface area contributed by atoms with Crippen molar-refractivity contribution in [1.82, 2.24) is 4.57 Å². The first-order valence-electron chi connectivity index (χ1n) is 13.7. The van der Waals surface area contributed by atoms with Crippen molar-refractivity contribution in [3.63, 3.8) is 0 Å². The van der Waals surface area contributed by atoms with E-state index >= 15 is 0 Å². The maximum absolute atomic E-state index is 7.46. The van der Waals surface area contributed by atoms with Gasteiger partial charge in [-0.3, -0.25) is 0 Å². The molecule has 2 aromatic heterocycles. The monoisotopic (exact) mass is 513 g/mol. The third-order valence-electron chi connectivity index (χ3n) is 8.30. The lowest BCUT2D eigenvalue weighted by Crippen LogP contribution is -2.78. The van der Waals surface area contributed by atoms with Gasteiger partial charge < -0.3 is 4.43 Å². The molecule has 1 aliphatic heterocycles. The van der Waals surface area contributed by atoms with Gasteiger partial charge in [-0.1, -0.05) is 98.8 Å². The Morgan fingerprint density at radius 3 is 1.92 bits per heavy atom. The van der Waals surface area contributed by atoms with Gasteiger partial charge in [0.15, 0.2) is 16.6 Å². The molecule has 38 heavy (non-hydrogen) atoms. The summed E-state index contributed by atoms with van der Waals surface area (Å²) < 4.78 is 12.6. The van der Waals surface area contributed by atoms with E-state index in [4.69, 9.17) is 4.43 Å². The molecular weight excluding hydrogens is 480 g/mol. The normalized spacial score (nSPS) is 14.3. The predicted molar refractivity (Wildman–Crippen MR) is 160 cm³/mol. The van der Waals surface area contributed by atoms with Crippen molar-refractivity contribution < 1.29 is 8.83 Å². The number of benzene rings is 4. The first kappa shape index (κ1) is 23.2. The predicted octanol–water partition coefficient (Wildman–Crippen LogP) is 5.91. The summed E-state index contributed by atoms with van der Waals surface area (Å²) in [5, 5.41) is 7.78. The van der Waals surface area contributed by atoms with Gasteiger partial charge in [-0.15, -0.1) is 0 Å². The summed E-state index contributed by atoms with van der Waals surface area (Å²) in [6, 6.07) is 35.6. The second-order valence-corrected chi connectivity index (χ2v) is 14.3. The van der Waals surface area contributed by atoms with Crippen LogP contribution in [0.5, 0.6) is 5.75 Å². The zero-order chi connectivity index (χ0) is 26.2. The topological polar surface area (TPSA) is 18.3 Å². The van der Waals surface area contributed by atoms with Crippen molar-refractivity contribution in [2.45, 2.75) is 46.6 Å². The van der Waals surface area contributed by atoms with E-state index in [2.05, 4.69) is 141 Å². The number of rotatable bonds is 4. The number of pyridine rings is 1. The smallest absolute Gasteiger partial charge is 0.393 e. The number of aromatic nitrogens is 2. The molecule has 3 nitrogen and oxygen atoms in total. The van der Waals surface area contributed by atoms with Crippen LogP contribution in [0, 0.1) is 6.92 Å². The van der Waals surface area contributed by atoms with Crippen molar-refractivity contribution in [2.24, 2.45) is 0 Å². The highest BCUT2D eigenvalue weighted by atomic mass is 28.4. The van der Waals surface area contributed by atoms with Gasteiger partial charge in [0.25, 0.3) is 5.65 Å². The number of hydrogen-bond donors (Lipinski definition) is 0. The van der Waals surface area contributed by atoms with E-state index in [-0.39, 0.29) is 0 Å². The fourth-order valence-corrected chi connectivity index (χ4v) is 11.0. The van der Waals surface area contributed by atoms with Gasteiger partial charge in [-0.05, 0) is 47.8 Å². The van der Waals surface area contributed by atoms with Crippen LogP contribution in [-0.4, -0.2) is 12.9 Å². The highest BCUT2D eigenvalue weighted by Gasteiger charge is 2.55. The zero-order valence-electron chi connectivity index (χ0n) is 22.7. The lowest BCUT2D eigenvalue weighted by Gasteiger charge is -2.34. The summed E-state index contributed by atoms with van der Waals surface area (Å²) >= 11 is 0. The van der Waals surface area contributed by atoms with Gasteiger partial charge in [-0.2, -0.15) is 4.40 Å². The van der Waals surface area contributed by atoms with E-state index in [1.165, 1.54) is 54.3 Å². The molecule has 7 rings (SSSR count). The molecule has 0 fully saturated rings. The van der Waals surface area contributed by atoms with Crippen molar-refractivity contribution >= 4 is 51.3 Å². The van der Waals surface area contributed by atoms with Crippen molar-refractivity contribution in [1.29, 1.82) is 0 Å². The quantitative estimate of drug-likeness (QED) is 0.163. The van der Waals surface area contributed by atoms with Gasteiger partial charge in [-0.25, -0.2) is 4.57 Å². The Balaban J connectivity index is 1.82. The molecule has 0 spiro atoms. The van der Waals surface area contributed by atoms with E-state index in [1.807, 2.05) is 0 Å². The number of nitrogens with zero attached hydrogens (tertiary/aromatic N) is 2. The second kappa shape index (κ2) is 8.30. The van der Waals surface area contributed by atoms with Crippen LogP contribution in [-0.2, 0) is 0 Å². The van der Waals surface area contributed by atoms with Crippen molar-refractivity contribution in [2.75, 3.05) is 0 Å². The SMILES string of the molecule is Cc1c2[n+]3c4c(cccc4c4cccc(C(C)C)c4c3n1C(C)C)O[Si]2(c1ccccc1)c1ccccc1. The third-order valence-corrected chi connectivity index (χ3v) is 12.4. The van der Waals surface area contributed by atoms with Gasteiger partial charge in [0.1, 0.15) is 5.69 Å². The third kappa shape index (κ3) is 2.92. The van der Waals surface area contributed by atoms with Crippen molar-refractivity contribution in [3.05, 3.63) is 108 Å². The number of para-hydroxylation sites is 1. The molecule has 0 N–H and O–H groups in total. The van der Waals surface area contributed by atoms with Gasteiger partial charge in [0.05, 0.1) is 11.4 Å². The van der Waals surface area contributed by atoms with Gasteiger partial charge >= 0.3 is 8.32 Å². The number of imidazole rings is 1. The molecule has 0 amide bonds. The lowest BCUT2D eigenvalue weighted by molar-refractivity contribution is -0.462. The summed E-state index contributed by atoms with van der Waals surface area (Å²) in [5.74, 6) is 1.38. The minimum absolute atomic E-state index is 0.295. The Bertz CT molecular complexity index is 1810. The summed E-state index contributed by atoms with van der Waals surface area (Å²) in [5.41, 5.74) is 5.16. The van der Waals surface area contributed by atoms with Crippen LogP contribution in [0.4, 0.5) is 0 Å². The molecule has 188 valence electrons. The van der Waals surface area contributed by atoms with E-state index in [0.29, 0.717) is 12.0 Å². The summed E-state index contributed by atoms with van der Waals surface area (Å²) in [7, 11) is -2.92. The molecule has 0 atom stereocenters. The molecular formula is C34H33N2OSi+. The molecule has 0 unspecified atom stereocenters. The van der Waals surface area contributed by atoms with Crippen LogP contribution in [0.1, 0.15) is 50.9 Å². The molecule has 0 radical (unpaired) electrons. The fourth-order valence-electron chi connectivity index (χ4n) is 6.84. The van der Waals surface area contributed by atoms with Crippen LogP contribution in [0.2, 0.25) is 0 Å². The molecule has 0 bridgehead atoms. The van der Waals surface area contributed by atoms with E-state index in [0.717, 1.165) is 5.75 Å². The Labute approximate surface area is 225 Å². The maximum Gasteiger partial charge on any atom is 0.393 e. The van der Waals surface area contributed by atoms with Gasteiger partial charge in [0, 0.05) is 17.7 Å². The van der Waals surface area contributed by atoms with Gasteiger partial charge in [0.2, 0.25) is 0 Å². The molecule has 0 saturated heterocycles. The first-order chi connectivity index (χ1) is 18.4. The Morgan fingerprint density at radius 1 is 0.711 bits per heavy atom. The molecule has 0 saturated carbocycles. The highest BCUT2D eigenvalue weighted by molar-refractivity contribution is 7.07. The maximum atomic E-state index is 7.46. The van der Waals surface area contributed by atoms with E-state index in [1.54, 1.807) is 0 Å². The number of hydrogen-bond acceptors (Lipinski definition) is 1. The Morgan fingerprint density at radius 2 is 1.32 bits per heavy atom. The molecule has 4 heteroatoms. The molecule has 4 aromatic carbocycles. The average molecular weight is 514 g/mol. The Hall–Kier alpha value is -3.89. The minimum Gasteiger partial charge on any atom is -0.525 e. The lowest BCUT2D eigenvalue weighted by atomic mass is 9.94. The molecule has 0 aliphatic carbocycles. The van der Waals surface area contributed by atoms with Crippen LogP contribution in [0.25, 0.3) is 27.3 Å². The molecule has 1 aliphatic rings. The van der Waals surface area contributed by atoms with Crippen LogP contribution in [0.3, 0.4) is 0 Å². The first-order valence-corrected chi connectivity index (χ1v) is 15.6. The van der Waals surface area contributed by atoms with Crippen molar-refractivity contribution in [3.8, 4) is 5.75 Å².